The number of carbonyl (C=O) groups is 1. The lowest BCUT2D eigenvalue weighted by Gasteiger charge is -2.32. The molecule has 2 atom stereocenters. The van der Waals surface area contributed by atoms with Crippen molar-refractivity contribution in [3.63, 3.8) is 0 Å². The van der Waals surface area contributed by atoms with Crippen LogP contribution in [-0.4, -0.2) is 5.78 Å². The van der Waals surface area contributed by atoms with Gasteiger partial charge in [-0.05, 0) is 54.8 Å². The van der Waals surface area contributed by atoms with Crippen molar-refractivity contribution in [2.75, 3.05) is 0 Å². The van der Waals surface area contributed by atoms with E-state index in [1.165, 1.54) is 32.1 Å². The molecule has 0 amide bonds. The molecule has 0 saturated heterocycles. The van der Waals surface area contributed by atoms with Gasteiger partial charge in [0, 0.05) is 11.8 Å². The largest absolute Gasteiger partial charge is 0.299 e. The summed E-state index contributed by atoms with van der Waals surface area (Å²) in [5.74, 6) is 4.16. The van der Waals surface area contributed by atoms with E-state index in [0.29, 0.717) is 11.7 Å². The van der Waals surface area contributed by atoms with Crippen LogP contribution in [0.3, 0.4) is 0 Å². The normalized spacial score (nSPS) is 41.1. The number of carbonyl (C=O) groups excluding carboxylic acids is 1. The molecular weight excluding hydrogens is 256 g/mol. The van der Waals surface area contributed by atoms with Crippen molar-refractivity contribution in [3.8, 4) is 0 Å². The Balaban J connectivity index is 0.000000155. The fourth-order valence-electron chi connectivity index (χ4n) is 4.85. The fraction of sp³-hybridized carbons (Fsp3) is 0.950. The highest BCUT2D eigenvalue weighted by atomic mass is 16.1. The second-order valence-electron chi connectivity index (χ2n) is 9.18. The molecule has 0 heterocycles. The number of ketones is 1. The van der Waals surface area contributed by atoms with Crippen molar-refractivity contribution < 1.29 is 4.79 Å². The monoisotopic (exact) mass is 292 g/mol. The number of rotatable bonds is 1. The third-order valence-electron chi connectivity index (χ3n) is 7.49. The van der Waals surface area contributed by atoms with Crippen molar-refractivity contribution in [1.82, 2.24) is 0 Å². The summed E-state index contributed by atoms with van der Waals surface area (Å²) in [6.07, 6.45) is 9.17. The molecule has 3 aliphatic rings. The van der Waals surface area contributed by atoms with Gasteiger partial charge in [-0.1, -0.05) is 54.4 Å². The summed E-state index contributed by atoms with van der Waals surface area (Å²) >= 11 is 0. The Kier molecular flexibility index (Phi) is 4.90. The van der Waals surface area contributed by atoms with Crippen LogP contribution in [0.1, 0.15) is 86.5 Å². The molecule has 3 saturated carbocycles. The first-order valence-electron chi connectivity index (χ1n) is 9.21. The van der Waals surface area contributed by atoms with E-state index in [1.807, 2.05) is 0 Å². The third kappa shape index (κ3) is 3.08. The molecule has 21 heavy (non-hydrogen) atoms. The summed E-state index contributed by atoms with van der Waals surface area (Å²) in [5, 5.41) is 0. The molecule has 3 fully saturated rings. The SMILES string of the molecule is CC12CCC(CC1=O)C2(C)C.CC1CCC(C(C)C)CC1. The highest BCUT2D eigenvalue weighted by molar-refractivity contribution is 5.89. The predicted molar refractivity (Wildman–Crippen MR) is 90.2 cm³/mol. The minimum Gasteiger partial charge on any atom is -0.299 e. The maximum absolute atomic E-state index is 11.6. The van der Waals surface area contributed by atoms with Crippen LogP contribution in [0.2, 0.25) is 0 Å². The van der Waals surface area contributed by atoms with E-state index in [2.05, 4.69) is 41.5 Å². The van der Waals surface area contributed by atoms with Crippen LogP contribution in [0.4, 0.5) is 0 Å². The van der Waals surface area contributed by atoms with Gasteiger partial charge in [0.1, 0.15) is 5.78 Å². The van der Waals surface area contributed by atoms with Crippen LogP contribution < -0.4 is 0 Å². The van der Waals surface area contributed by atoms with Gasteiger partial charge in [-0.3, -0.25) is 4.79 Å². The van der Waals surface area contributed by atoms with Gasteiger partial charge in [-0.15, -0.1) is 0 Å². The van der Waals surface area contributed by atoms with Gasteiger partial charge in [0.05, 0.1) is 0 Å². The minimum absolute atomic E-state index is 0.0255. The number of fused-ring (bicyclic) bond motifs is 2. The van der Waals surface area contributed by atoms with Crippen molar-refractivity contribution in [1.29, 1.82) is 0 Å². The summed E-state index contributed by atoms with van der Waals surface area (Å²) in [4.78, 5) is 11.6. The van der Waals surface area contributed by atoms with Crippen LogP contribution >= 0.6 is 0 Å². The standard InChI is InChI=1S/C10H16O.C10H20/c1-9(2)7-4-5-10(9,3)8(11)6-7;1-8(2)10-6-4-9(3)5-7-10/h7H,4-6H2,1-3H3;8-10H,4-7H2,1-3H3. The van der Waals surface area contributed by atoms with E-state index in [1.54, 1.807) is 0 Å². The number of hydrogen-bond donors (Lipinski definition) is 0. The van der Waals surface area contributed by atoms with Crippen LogP contribution in [0.15, 0.2) is 0 Å². The topological polar surface area (TPSA) is 17.1 Å². The lowest BCUT2D eigenvalue weighted by molar-refractivity contribution is -0.128. The van der Waals surface area contributed by atoms with E-state index >= 15 is 0 Å². The lowest BCUT2D eigenvalue weighted by Crippen LogP contribution is -2.32. The molecule has 0 N–H and O–H groups in total. The first-order valence-corrected chi connectivity index (χ1v) is 9.21. The second kappa shape index (κ2) is 6.05. The first kappa shape index (κ1) is 17.0. The maximum atomic E-state index is 11.6. The smallest absolute Gasteiger partial charge is 0.139 e. The molecule has 2 bridgehead atoms. The summed E-state index contributed by atoms with van der Waals surface area (Å²) in [5.41, 5.74) is 0.307. The van der Waals surface area contributed by atoms with Crippen LogP contribution in [-0.2, 0) is 4.79 Å². The van der Waals surface area contributed by atoms with E-state index in [4.69, 9.17) is 0 Å². The van der Waals surface area contributed by atoms with E-state index < -0.39 is 0 Å². The van der Waals surface area contributed by atoms with Crippen molar-refractivity contribution in [2.45, 2.75) is 86.5 Å². The molecule has 0 radical (unpaired) electrons. The highest BCUT2D eigenvalue weighted by Gasteiger charge is 2.61. The molecule has 0 aliphatic heterocycles. The molecule has 122 valence electrons. The second-order valence-corrected chi connectivity index (χ2v) is 9.18. The first-order chi connectivity index (χ1) is 9.68. The summed E-state index contributed by atoms with van der Waals surface area (Å²) in [7, 11) is 0. The third-order valence-corrected chi connectivity index (χ3v) is 7.49. The molecule has 0 spiro atoms. The summed E-state index contributed by atoms with van der Waals surface area (Å²) < 4.78 is 0. The zero-order chi connectivity index (χ0) is 15.8. The average Bonchev–Trinajstić information content (AvgIpc) is 2.73. The van der Waals surface area contributed by atoms with Gasteiger partial charge in [-0.25, -0.2) is 0 Å². The Hall–Kier alpha value is -0.330. The lowest BCUT2D eigenvalue weighted by atomic mass is 9.70. The Morgan fingerprint density at radius 2 is 1.57 bits per heavy atom. The van der Waals surface area contributed by atoms with Crippen LogP contribution in [0.25, 0.3) is 0 Å². The Labute approximate surface area is 132 Å². The molecule has 1 nitrogen and oxygen atoms in total. The predicted octanol–water partition coefficient (Wildman–Crippen LogP) is 5.87. The average molecular weight is 293 g/mol. The quantitative estimate of drug-likeness (QED) is 0.590. The molecule has 0 aromatic carbocycles. The number of hydrogen-bond acceptors (Lipinski definition) is 1. The maximum Gasteiger partial charge on any atom is 0.139 e. The van der Waals surface area contributed by atoms with E-state index in [0.717, 1.165) is 30.6 Å². The molecule has 1 heteroatoms. The van der Waals surface area contributed by atoms with Crippen molar-refractivity contribution >= 4 is 5.78 Å². The number of Topliss-reactive ketones (excluding diaryl/α,β-unsaturated/α-hetero) is 1. The van der Waals surface area contributed by atoms with Gasteiger partial charge in [0.15, 0.2) is 0 Å². The van der Waals surface area contributed by atoms with Crippen LogP contribution in [0, 0.1) is 34.5 Å². The van der Waals surface area contributed by atoms with Crippen molar-refractivity contribution in [3.05, 3.63) is 0 Å². The van der Waals surface area contributed by atoms with Gasteiger partial charge in [0.25, 0.3) is 0 Å². The fourth-order valence-corrected chi connectivity index (χ4v) is 4.85. The zero-order valence-corrected chi connectivity index (χ0v) is 15.2. The van der Waals surface area contributed by atoms with Crippen molar-refractivity contribution in [2.24, 2.45) is 34.5 Å². The minimum atomic E-state index is 0.0255. The Morgan fingerprint density at radius 3 is 1.86 bits per heavy atom. The Morgan fingerprint density at radius 1 is 1.00 bits per heavy atom. The zero-order valence-electron chi connectivity index (χ0n) is 15.2. The molecule has 3 aliphatic carbocycles. The van der Waals surface area contributed by atoms with Gasteiger partial charge in [0.2, 0.25) is 0 Å². The molecule has 0 aromatic heterocycles. The van der Waals surface area contributed by atoms with Gasteiger partial charge >= 0.3 is 0 Å². The molecule has 3 rings (SSSR count). The summed E-state index contributed by atoms with van der Waals surface area (Å²) in [6, 6.07) is 0. The molecule has 0 aromatic rings. The summed E-state index contributed by atoms with van der Waals surface area (Å²) in [6.45, 7) is 13.8. The van der Waals surface area contributed by atoms with Crippen LogP contribution in [0.5, 0.6) is 0 Å². The van der Waals surface area contributed by atoms with Gasteiger partial charge in [-0.2, -0.15) is 0 Å². The Bertz CT molecular complexity index is 373. The highest BCUT2D eigenvalue weighted by Crippen LogP contribution is 2.63. The molecular formula is C20H36O. The molecule has 2 unspecified atom stereocenters. The van der Waals surface area contributed by atoms with E-state index in [-0.39, 0.29) is 10.8 Å². The van der Waals surface area contributed by atoms with Gasteiger partial charge < -0.3 is 0 Å². The van der Waals surface area contributed by atoms with E-state index in [9.17, 15) is 4.79 Å².